The van der Waals surface area contributed by atoms with E-state index in [0.717, 1.165) is 0 Å². The van der Waals surface area contributed by atoms with E-state index < -0.39 is 5.82 Å². The molecule has 16 heavy (non-hydrogen) atoms. The third-order valence-corrected chi connectivity index (χ3v) is 2.50. The number of rotatable bonds is 1. The molecule has 1 aromatic carbocycles. The lowest BCUT2D eigenvalue weighted by atomic mass is 10.0. The van der Waals surface area contributed by atoms with Gasteiger partial charge in [-0.2, -0.15) is 5.26 Å². The maximum absolute atomic E-state index is 13.1. The van der Waals surface area contributed by atoms with Gasteiger partial charge in [0.2, 0.25) is 0 Å². The molecule has 2 rings (SSSR count). The lowest BCUT2D eigenvalue weighted by Crippen LogP contribution is -1.87. The Morgan fingerprint density at radius 3 is 2.81 bits per heavy atom. The van der Waals surface area contributed by atoms with Gasteiger partial charge in [-0.15, -0.1) is 0 Å². The SMILES string of the molecule is N#Cc1cc(-c2cnccc2Cl)ccc1F. The van der Waals surface area contributed by atoms with E-state index in [-0.39, 0.29) is 5.56 Å². The molecule has 1 heterocycles. The highest BCUT2D eigenvalue weighted by molar-refractivity contribution is 6.33. The first kappa shape index (κ1) is 10.6. The summed E-state index contributed by atoms with van der Waals surface area (Å²) in [5.41, 5.74) is 1.36. The van der Waals surface area contributed by atoms with Gasteiger partial charge in [0.05, 0.1) is 10.6 Å². The number of aromatic nitrogens is 1. The van der Waals surface area contributed by atoms with Gasteiger partial charge in [-0.25, -0.2) is 4.39 Å². The van der Waals surface area contributed by atoms with Gasteiger partial charge in [0, 0.05) is 18.0 Å². The van der Waals surface area contributed by atoms with Gasteiger partial charge in [-0.05, 0) is 23.8 Å². The molecule has 0 spiro atoms. The first-order valence-electron chi connectivity index (χ1n) is 4.52. The van der Waals surface area contributed by atoms with Crippen molar-refractivity contribution in [2.75, 3.05) is 0 Å². The Morgan fingerprint density at radius 1 is 1.31 bits per heavy atom. The zero-order valence-corrected chi connectivity index (χ0v) is 8.87. The average Bonchev–Trinajstić information content (AvgIpc) is 2.31. The lowest BCUT2D eigenvalue weighted by Gasteiger charge is -2.04. The molecule has 0 radical (unpaired) electrons. The highest BCUT2D eigenvalue weighted by Gasteiger charge is 2.07. The van der Waals surface area contributed by atoms with E-state index in [0.29, 0.717) is 16.1 Å². The molecule has 0 saturated heterocycles. The molecule has 2 aromatic rings. The van der Waals surface area contributed by atoms with Crippen LogP contribution in [0.4, 0.5) is 4.39 Å². The molecule has 4 heteroatoms. The average molecular weight is 233 g/mol. The Morgan fingerprint density at radius 2 is 2.12 bits per heavy atom. The molecule has 1 aromatic heterocycles. The zero-order chi connectivity index (χ0) is 11.5. The Balaban J connectivity index is 2.59. The van der Waals surface area contributed by atoms with E-state index >= 15 is 0 Å². The largest absolute Gasteiger partial charge is 0.264 e. The second-order valence-electron chi connectivity index (χ2n) is 3.16. The molecule has 0 fully saturated rings. The fraction of sp³-hybridized carbons (Fsp3) is 0. The van der Waals surface area contributed by atoms with Crippen molar-refractivity contribution in [3.63, 3.8) is 0 Å². The summed E-state index contributed by atoms with van der Waals surface area (Å²) in [5.74, 6) is -0.536. The van der Waals surface area contributed by atoms with E-state index in [1.54, 1.807) is 30.6 Å². The molecule has 0 aliphatic carbocycles. The fourth-order valence-corrected chi connectivity index (χ4v) is 1.58. The number of nitrogens with zero attached hydrogens (tertiary/aromatic N) is 2. The molecule has 78 valence electrons. The maximum Gasteiger partial charge on any atom is 0.140 e. The summed E-state index contributed by atoms with van der Waals surface area (Å²) in [6, 6.07) is 7.70. The van der Waals surface area contributed by atoms with Crippen LogP contribution in [0, 0.1) is 17.1 Å². The molecule has 0 aliphatic heterocycles. The van der Waals surface area contributed by atoms with Crippen LogP contribution in [0.3, 0.4) is 0 Å². The number of hydrogen-bond acceptors (Lipinski definition) is 2. The number of halogens is 2. The van der Waals surface area contributed by atoms with Crippen LogP contribution in [0.1, 0.15) is 5.56 Å². The summed E-state index contributed by atoms with van der Waals surface area (Å²) in [6.07, 6.45) is 3.15. The minimum atomic E-state index is -0.536. The monoisotopic (exact) mass is 232 g/mol. The Kier molecular flexibility index (Phi) is 2.84. The van der Waals surface area contributed by atoms with Gasteiger partial charge in [0.25, 0.3) is 0 Å². The fourth-order valence-electron chi connectivity index (χ4n) is 1.37. The first-order valence-corrected chi connectivity index (χ1v) is 4.89. The van der Waals surface area contributed by atoms with Gasteiger partial charge in [-0.3, -0.25) is 4.98 Å². The second-order valence-corrected chi connectivity index (χ2v) is 3.57. The molecule has 0 atom stereocenters. The molecular weight excluding hydrogens is 227 g/mol. The summed E-state index contributed by atoms with van der Waals surface area (Å²) in [7, 11) is 0. The maximum atomic E-state index is 13.1. The van der Waals surface area contributed by atoms with Crippen molar-refractivity contribution in [3.8, 4) is 17.2 Å². The Hall–Kier alpha value is -1.92. The molecule has 0 amide bonds. The van der Waals surface area contributed by atoms with Crippen LogP contribution >= 0.6 is 11.6 Å². The van der Waals surface area contributed by atoms with E-state index in [2.05, 4.69) is 4.98 Å². The van der Waals surface area contributed by atoms with Crippen molar-refractivity contribution in [2.45, 2.75) is 0 Å². The van der Waals surface area contributed by atoms with E-state index in [1.165, 1.54) is 12.1 Å². The van der Waals surface area contributed by atoms with Crippen LogP contribution in [0.25, 0.3) is 11.1 Å². The minimum Gasteiger partial charge on any atom is -0.264 e. The smallest absolute Gasteiger partial charge is 0.140 e. The van der Waals surface area contributed by atoms with Crippen molar-refractivity contribution in [1.82, 2.24) is 4.98 Å². The lowest BCUT2D eigenvalue weighted by molar-refractivity contribution is 0.624. The zero-order valence-electron chi connectivity index (χ0n) is 8.11. The third-order valence-electron chi connectivity index (χ3n) is 2.17. The van der Waals surface area contributed by atoms with Gasteiger partial charge >= 0.3 is 0 Å². The molecule has 2 nitrogen and oxygen atoms in total. The van der Waals surface area contributed by atoms with E-state index in [4.69, 9.17) is 16.9 Å². The predicted octanol–water partition coefficient (Wildman–Crippen LogP) is 3.41. The second kappa shape index (κ2) is 4.30. The van der Waals surface area contributed by atoms with Crippen LogP contribution < -0.4 is 0 Å². The van der Waals surface area contributed by atoms with E-state index in [9.17, 15) is 4.39 Å². The summed E-state index contributed by atoms with van der Waals surface area (Å²) >= 11 is 5.98. The minimum absolute atomic E-state index is 0.00239. The van der Waals surface area contributed by atoms with Crippen LogP contribution in [-0.2, 0) is 0 Å². The molecule has 0 unspecified atom stereocenters. The van der Waals surface area contributed by atoms with Crippen molar-refractivity contribution in [2.24, 2.45) is 0 Å². The Bertz CT molecular complexity index is 575. The number of benzene rings is 1. The molecule has 0 N–H and O–H groups in total. The molecule has 0 aliphatic rings. The highest BCUT2D eigenvalue weighted by Crippen LogP contribution is 2.27. The summed E-state index contributed by atoms with van der Waals surface area (Å²) in [5, 5.41) is 9.24. The van der Waals surface area contributed by atoms with Crippen molar-refractivity contribution >= 4 is 11.6 Å². The molecule has 0 saturated carbocycles. The van der Waals surface area contributed by atoms with Crippen LogP contribution in [-0.4, -0.2) is 4.98 Å². The van der Waals surface area contributed by atoms with Gasteiger partial charge in [-0.1, -0.05) is 17.7 Å². The van der Waals surface area contributed by atoms with Crippen molar-refractivity contribution < 1.29 is 4.39 Å². The van der Waals surface area contributed by atoms with Crippen LogP contribution in [0.5, 0.6) is 0 Å². The van der Waals surface area contributed by atoms with Gasteiger partial charge in [0.1, 0.15) is 11.9 Å². The molecule has 0 bridgehead atoms. The highest BCUT2D eigenvalue weighted by atomic mass is 35.5. The summed E-state index contributed by atoms with van der Waals surface area (Å²) in [4.78, 5) is 3.94. The quantitative estimate of drug-likeness (QED) is 0.756. The van der Waals surface area contributed by atoms with Gasteiger partial charge < -0.3 is 0 Å². The number of pyridine rings is 1. The summed E-state index contributed by atoms with van der Waals surface area (Å²) < 4.78 is 13.1. The first-order chi connectivity index (χ1) is 7.72. The number of hydrogen-bond donors (Lipinski definition) is 0. The molecular formula is C12H6ClFN2. The van der Waals surface area contributed by atoms with Crippen molar-refractivity contribution in [1.29, 1.82) is 5.26 Å². The predicted molar refractivity (Wildman–Crippen MR) is 59.4 cm³/mol. The third kappa shape index (κ3) is 1.88. The van der Waals surface area contributed by atoms with Crippen LogP contribution in [0.15, 0.2) is 36.7 Å². The topological polar surface area (TPSA) is 36.7 Å². The van der Waals surface area contributed by atoms with Crippen molar-refractivity contribution in [3.05, 3.63) is 53.1 Å². The normalized spacial score (nSPS) is 9.81. The standard InChI is InChI=1S/C12H6ClFN2/c13-11-3-4-16-7-10(11)8-1-2-12(14)9(5-8)6-15/h1-5,7H. The Labute approximate surface area is 96.9 Å². The number of nitriles is 1. The van der Waals surface area contributed by atoms with E-state index in [1.807, 2.05) is 0 Å². The summed E-state index contributed by atoms with van der Waals surface area (Å²) in [6.45, 7) is 0. The van der Waals surface area contributed by atoms with Crippen LogP contribution in [0.2, 0.25) is 5.02 Å². The van der Waals surface area contributed by atoms with Gasteiger partial charge in [0.15, 0.2) is 0 Å².